The van der Waals surface area contributed by atoms with Gasteiger partial charge in [-0.15, -0.1) is 0 Å². The predicted octanol–water partition coefficient (Wildman–Crippen LogP) is 3.18. The molecule has 0 N–H and O–H groups in total. The largest absolute Gasteiger partial charge is 0.543 e. The monoisotopic (exact) mass is 282 g/mol. The van der Waals surface area contributed by atoms with Crippen molar-refractivity contribution in [3.05, 3.63) is 34.4 Å². The summed E-state index contributed by atoms with van der Waals surface area (Å²) in [7, 11) is 0. The zero-order valence-corrected chi connectivity index (χ0v) is 12.0. The Morgan fingerprint density at radius 3 is 2.20 bits per heavy atom. The molecular formula is C14H18O6. The third-order valence-corrected chi connectivity index (χ3v) is 2.52. The Bertz CT molecular complexity index is 471. The fraction of sp³-hybridized carbons (Fsp3) is 0.429. The minimum Gasteiger partial charge on any atom is -0.432 e. The lowest BCUT2D eigenvalue weighted by molar-refractivity contribution is -0.452. The summed E-state index contributed by atoms with van der Waals surface area (Å²) in [4.78, 5) is 31.3. The Balaban J connectivity index is 2.54. The SMILES string of the molecule is CCCOC(=O)OOOC(=O)c1c(C)cc(C)cc1C. The van der Waals surface area contributed by atoms with E-state index in [1.54, 1.807) is 13.8 Å². The molecule has 0 amide bonds. The van der Waals surface area contributed by atoms with Crippen LogP contribution in [0.15, 0.2) is 12.1 Å². The van der Waals surface area contributed by atoms with Crippen molar-refractivity contribution in [2.24, 2.45) is 0 Å². The van der Waals surface area contributed by atoms with Gasteiger partial charge in [0.25, 0.3) is 0 Å². The molecule has 0 radical (unpaired) electrons. The molecule has 1 aromatic rings. The summed E-state index contributed by atoms with van der Waals surface area (Å²) >= 11 is 0. The molecule has 0 atom stereocenters. The number of carbonyl (C=O) groups is 2. The number of aryl methyl sites for hydroxylation is 3. The first kappa shape index (κ1) is 16.0. The van der Waals surface area contributed by atoms with E-state index >= 15 is 0 Å². The average Bonchev–Trinajstić information content (AvgIpc) is 2.35. The molecule has 0 heterocycles. The molecule has 0 bridgehead atoms. The van der Waals surface area contributed by atoms with E-state index in [0.717, 1.165) is 16.7 Å². The molecule has 0 saturated heterocycles. The second-order valence-corrected chi connectivity index (χ2v) is 4.39. The maximum atomic E-state index is 11.8. The fourth-order valence-corrected chi connectivity index (χ4v) is 1.83. The zero-order valence-electron chi connectivity index (χ0n) is 12.0. The molecule has 110 valence electrons. The number of carbonyl (C=O) groups excluding carboxylic acids is 2. The number of rotatable bonds is 5. The van der Waals surface area contributed by atoms with Crippen LogP contribution < -0.4 is 0 Å². The van der Waals surface area contributed by atoms with Crippen LogP contribution in [-0.4, -0.2) is 18.7 Å². The summed E-state index contributed by atoms with van der Waals surface area (Å²) in [6.07, 6.45) is -0.409. The molecule has 1 rings (SSSR count). The van der Waals surface area contributed by atoms with E-state index in [1.165, 1.54) is 0 Å². The lowest BCUT2D eigenvalue weighted by Gasteiger charge is -2.09. The van der Waals surface area contributed by atoms with Crippen molar-refractivity contribution in [3.63, 3.8) is 0 Å². The number of benzene rings is 1. The van der Waals surface area contributed by atoms with Gasteiger partial charge in [0.1, 0.15) is 0 Å². The Morgan fingerprint density at radius 1 is 1.05 bits per heavy atom. The van der Waals surface area contributed by atoms with Gasteiger partial charge in [-0.1, -0.05) is 24.6 Å². The number of hydrogen-bond donors (Lipinski definition) is 0. The average molecular weight is 282 g/mol. The van der Waals surface area contributed by atoms with Crippen LogP contribution in [0.2, 0.25) is 0 Å². The van der Waals surface area contributed by atoms with Crippen molar-refractivity contribution in [1.82, 2.24) is 0 Å². The molecule has 0 fully saturated rings. The Hall–Kier alpha value is -2.08. The normalized spacial score (nSPS) is 10.0. The maximum absolute atomic E-state index is 11.8. The van der Waals surface area contributed by atoms with Crippen molar-refractivity contribution in [2.45, 2.75) is 34.1 Å². The van der Waals surface area contributed by atoms with Gasteiger partial charge in [0, 0.05) is 0 Å². The van der Waals surface area contributed by atoms with Crippen molar-refractivity contribution < 1.29 is 29.1 Å². The minimum absolute atomic E-state index is 0.201. The fourth-order valence-electron chi connectivity index (χ4n) is 1.83. The van der Waals surface area contributed by atoms with Gasteiger partial charge in [-0.25, -0.2) is 14.5 Å². The van der Waals surface area contributed by atoms with E-state index in [2.05, 4.69) is 19.6 Å². The van der Waals surface area contributed by atoms with E-state index in [0.29, 0.717) is 12.0 Å². The summed E-state index contributed by atoms with van der Waals surface area (Å²) in [5.74, 6) is -0.733. The quantitative estimate of drug-likeness (QED) is 0.469. The highest BCUT2D eigenvalue weighted by Gasteiger charge is 2.17. The summed E-state index contributed by atoms with van der Waals surface area (Å²) in [6.45, 7) is 7.53. The second-order valence-electron chi connectivity index (χ2n) is 4.39. The molecule has 6 heteroatoms. The molecule has 20 heavy (non-hydrogen) atoms. The van der Waals surface area contributed by atoms with Gasteiger partial charge in [-0.3, -0.25) is 4.89 Å². The highest BCUT2D eigenvalue weighted by atomic mass is 17.5. The van der Waals surface area contributed by atoms with Crippen LogP contribution in [0.1, 0.15) is 40.4 Å². The van der Waals surface area contributed by atoms with Gasteiger partial charge in [-0.2, -0.15) is 0 Å². The second kappa shape index (κ2) is 7.49. The molecule has 6 nitrogen and oxygen atoms in total. The van der Waals surface area contributed by atoms with E-state index in [4.69, 9.17) is 0 Å². The summed E-state index contributed by atoms with van der Waals surface area (Å²) in [6, 6.07) is 3.69. The number of hydrogen-bond acceptors (Lipinski definition) is 6. The molecule has 0 aliphatic rings. The van der Waals surface area contributed by atoms with Crippen molar-refractivity contribution in [2.75, 3.05) is 6.61 Å². The first-order valence-electron chi connectivity index (χ1n) is 6.25. The standard InChI is InChI=1S/C14H18O6/c1-5-6-17-14(16)19-20-18-13(15)12-10(3)7-9(2)8-11(12)4/h7-8H,5-6H2,1-4H3. The van der Waals surface area contributed by atoms with Crippen molar-refractivity contribution in [1.29, 1.82) is 0 Å². The molecule has 1 aromatic carbocycles. The molecular weight excluding hydrogens is 264 g/mol. The molecule has 0 spiro atoms. The maximum Gasteiger partial charge on any atom is 0.543 e. The van der Waals surface area contributed by atoms with Crippen LogP contribution >= 0.6 is 0 Å². The Morgan fingerprint density at radius 2 is 1.65 bits per heavy atom. The first-order valence-corrected chi connectivity index (χ1v) is 6.25. The van der Waals surface area contributed by atoms with E-state index in [-0.39, 0.29) is 6.61 Å². The summed E-state index contributed by atoms with van der Waals surface area (Å²) in [5.41, 5.74) is 2.92. The van der Waals surface area contributed by atoms with Crippen molar-refractivity contribution in [3.8, 4) is 0 Å². The van der Waals surface area contributed by atoms with Gasteiger partial charge in [0.2, 0.25) is 0 Å². The summed E-state index contributed by atoms with van der Waals surface area (Å²) in [5, 5.41) is 4.12. The topological polar surface area (TPSA) is 71.1 Å². The third kappa shape index (κ3) is 4.55. The molecule has 0 aliphatic carbocycles. The van der Waals surface area contributed by atoms with Gasteiger partial charge in [-0.05, 0) is 38.3 Å². The van der Waals surface area contributed by atoms with Gasteiger partial charge >= 0.3 is 12.1 Å². The van der Waals surface area contributed by atoms with Crippen molar-refractivity contribution >= 4 is 12.1 Å². The van der Waals surface area contributed by atoms with Crippen LogP contribution in [0.25, 0.3) is 0 Å². The van der Waals surface area contributed by atoms with Crippen LogP contribution in [0.3, 0.4) is 0 Å². The Labute approximate surface area is 117 Å². The molecule has 0 saturated carbocycles. The van der Waals surface area contributed by atoms with Crippen LogP contribution in [0.5, 0.6) is 0 Å². The van der Waals surface area contributed by atoms with Crippen LogP contribution in [0.4, 0.5) is 4.79 Å². The minimum atomic E-state index is -1.06. The highest BCUT2D eigenvalue weighted by Crippen LogP contribution is 2.17. The molecule has 0 unspecified atom stereocenters. The first-order chi connectivity index (χ1) is 9.45. The smallest absolute Gasteiger partial charge is 0.432 e. The third-order valence-electron chi connectivity index (χ3n) is 2.52. The Kier molecular flexibility index (Phi) is 5.99. The van der Waals surface area contributed by atoms with Gasteiger partial charge < -0.3 is 4.74 Å². The summed E-state index contributed by atoms with van der Waals surface area (Å²) < 4.78 is 4.56. The van der Waals surface area contributed by atoms with Gasteiger partial charge in [0.15, 0.2) is 0 Å². The predicted molar refractivity (Wildman–Crippen MR) is 69.9 cm³/mol. The van der Waals surface area contributed by atoms with E-state index < -0.39 is 12.1 Å². The molecule has 0 aliphatic heterocycles. The number of ether oxygens (including phenoxy) is 1. The lowest BCUT2D eigenvalue weighted by Crippen LogP contribution is -2.14. The van der Waals surface area contributed by atoms with Crippen LogP contribution in [-0.2, 0) is 19.6 Å². The van der Waals surface area contributed by atoms with E-state index in [1.807, 2.05) is 26.0 Å². The van der Waals surface area contributed by atoms with Gasteiger partial charge in [0.05, 0.1) is 17.2 Å². The van der Waals surface area contributed by atoms with E-state index in [9.17, 15) is 9.59 Å². The molecule has 0 aromatic heterocycles. The lowest BCUT2D eigenvalue weighted by atomic mass is 10.0. The highest BCUT2D eigenvalue weighted by molar-refractivity contribution is 5.92. The van der Waals surface area contributed by atoms with Crippen LogP contribution in [0, 0.1) is 20.8 Å². The zero-order chi connectivity index (χ0) is 15.1.